The molecule has 3 aromatic rings. The second kappa shape index (κ2) is 12.3. The van der Waals surface area contributed by atoms with Gasteiger partial charge >= 0.3 is 0 Å². The lowest BCUT2D eigenvalue weighted by Gasteiger charge is -2.15. The summed E-state index contributed by atoms with van der Waals surface area (Å²) in [5.41, 5.74) is 5.38. The molecule has 10 heteroatoms. The van der Waals surface area contributed by atoms with Gasteiger partial charge in [-0.2, -0.15) is 4.98 Å². The molecule has 182 valence electrons. The minimum atomic E-state index is -0.484. The third-order valence-corrected chi connectivity index (χ3v) is 4.90. The number of allylic oxidation sites excluding steroid dienone is 1. The van der Waals surface area contributed by atoms with Crippen LogP contribution in [0.3, 0.4) is 0 Å². The number of ketones is 1. The van der Waals surface area contributed by atoms with Crippen molar-refractivity contribution in [3.8, 4) is 5.75 Å². The number of anilines is 4. The van der Waals surface area contributed by atoms with Crippen LogP contribution in [0.15, 0.2) is 61.3 Å². The topological polar surface area (TPSA) is 135 Å². The van der Waals surface area contributed by atoms with Gasteiger partial charge in [0.25, 0.3) is 5.91 Å². The first kappa shape index (κ1) is 25.3. The van der Waals surface area contributed by atoms with E-state index in [1.54, 1.807) is 24.4 Å². The van der Waals surface area contributed by atoms with E-state index in [9.17, 15) is 9.59 Å². The summed E-state index contributed by atoms with van der Waals surface area (Å²) in [6, 6.07) is 12.2. The molecule has 0 unspecified atom stereocenters. The Morgan fingerprint density at radius 2 is 1.94 bits per heavy atom. The molecule has 0 aliphatic carbocycles. The van der Waals surface area contributed by atoms with E-state index in [-0.39, 0.29) is 31.4 Å². The molecule has 0 fully saturated rings. The fourth-order valence-corrected chi connectivity index (χ4v) is 3.10. The van der Waals surface area contributed by atoms with Gasteiger partial charge < -0.3 is 20.5 Å². The number of hydroxylamine groups is 1. The molecule has 1 aromatic heterocycles. The summed E-state index contributed by atoms with van der Waals surface area (Å²) in [4.78, 5) is 38.0. The molecule has 35 heavy (non-hydrogen) atoms. The number of nitrogens with zero attached hydrogens (tertiary/aromatic N) is 2. The molecule has 0 atom stereocenters. The van der Waals surface area contributed by atoms with Crippen molar-refractivity contribution in [1.29, 1.82) is 0 Å². The Labute approximate surface area is 203 Å². The average Bonchev–Trinajstić information content (AvgIpc) is 2.87. The number of aliphatic hydroxyl groups excluding tert-OH is 1. The van der Waals surface area contributed by atoms with Gasteiger partial charge in [-0.05, 0) is 42.8 Å². The number of nitrogens with one attached hydrogen (secondary N) is 3. The van der Waals surface area contributed by atoms with Crippen LogP contribution < -0.4 is 20.9 Å². The molecule has 1 amide bonds. The van der Waals surface area contributed by atoms with Crippen molar-refractivity contribution in [1.82, 2.24) is 15.4 Å². The zero-order valence-electron chi connectivity index (χ0n) is 19.5. The first-order valence-electron chi connectivity index (χ1n) is 10.8. The zero-order valence-corrected chi connectivity index (χ0v) is 19.5. The van der Waals surface area contributed by atoms with Gasteiger partial charge in [0.1, 0.15) is 11.6 Å². The second-order valence-electron chi connectivity index (χ2n) is 7.40. The predicted molar refractivity (Wildman–Crippen MR) is 132 cm³/mol. The van der Waals surface area contributed by atoms with Gasteiger partial charge in [0.05, 0.1) is 26.0 Å². The zero-order chi connectivity index (χ0) is 25.2. The van der Waals surface area contributed by atoms with Crippen molar-refractivity contribution in [3.05, 3.63) is 78.0 Å². The number of aliphatic hydroxyl groups is 1. The van der Waals surface area contributed by atoms with Crippen molar-refractivity contribution in [3.63, 3.8) is 0 Å². The van der Waals surface area contributed by atoms with Crippen molar-refractivity contribution in [2.75, 3.05) is 31.0 Å². The molecule has 1 heterocycles. The Kier molecular flexibility index (Phi) is 8.88. The highest BCUT2D eigenvalue weighted by Gasteiger charge is 2.14. The summed E-state index contributed by atoms with van der Waals surface area (Å²) < 4.78 is 5.39. The van der Waals surface area contributed by atoms with Crippen LogP contribution in [0.4, 0.5) is 23.1 Å². The SMILES string of the molecule is C=CC(=O)Cc1ccccc1Nc1nc(Nc2cc(C(=O)NOCCO)ccc2OC)ncc1C. The van der Waals surface area contributed by atoms with Crippen LogP contribution in [0, 0.1) is 6.92 Å². The van der Waals surface area contributed by atoms with Crippen molar-refractivity contribution < 1.29 is 24.3 Å². The molecular formula is C25H27N5O5. The van der Waals surface area contributed by atoms with Gasteiger partial charge in [-0.3, -0.25) is 14.4 Å². The Morgan fingerprint density at radius 1 is 1.14 bits per heavy atom. The maximum Gasteiger partial charge on any atom is 0.274 e. The van der Waals surface area contributed by atoms with E-state index in [0.29, 0.717) is 22.8 Å². The largest absolute Gasteiger partial charge is 0.495 e. The van der Waals surface area contributed by atoms with Gasteiger partial charge in [0.15, 0.2) is 5.78 Å². The fourth-order valence-electron chi connectivity index (χ4n) is 3.10. The summed E-state index contributed by atoms with van der Waals surface area (Å²) >= 11 is 0. The lowest BCUT2D eigenvalue weighted by molar-refractivity contribution is -0.114. The third-order valence-electron chi connectivity index (χ3n) is 4.90. The number of carbonyl (C=O) groups excluding carboxylic acids is 2. The quantitative estimate of drug-likeness (QED) is 0.176. The normalized spacial score (nSPS) is 10.4. The Hall–Kier alpha value is -4.28. The lowest BCUT2D eigenvalue weighted by Crippen LogP contribution is -2.25. The summed E-state index contributed by atoms with van der Waals surface area (Å²) in [6.07, 6.45) is 3.17. The smallest absolute Gasteiger partial charge is 0.274 e. The van der Waals surface area contributed by atoms with E-state index in [4.69, 9.17) is 14.7 Å². The molecular weight excluding hydrogens is 450 g/mol. The molecule has 0 saturated carbocycles. The van der Waals surface area contributed by atoms with Gasteiger partial charge in [-0.15, -0.1) is 0 Å². The van der Waals surface area contributed by atoms with Crippen molar-refractivity contribution in [2.45, 2.75) is 13.3 Å². The van der Waals surface area contributed by atoms with Gasteiger partial charge in [-0.25, -0.2) is 10.5 Å². The molecule has 0 saturated heterocycles. The first-order chi connectivity index (χ1) is 16.9. The first-order valence-corrected chi connectivity index (χ1v) is 10.8. The van der Waals surface area contributed by atoms with Gasteiger partial charge in [0.2, 0.25) is 5.95 Å². The Bertz CT molecular complexity index is 1210. The molecule has 4 N–H and O–H groups in total. The highest BCUT2D eigenvalue weighted by molar-refractivity contribution is 5.95. The minimum absolute atomic E-state index is 0.0230. The number of hydrogen-bond acceptors (Lipinski definition) is 9. The molecule has 0 bridgehead atoms. The number of rotatable bonds is 12. The van der Waals surface area contributed by atoms with E-state index in [2.05, 4.69) is 32.7 Å². The van der Waals surface area contributed by atoms with Crippen LogP contribution in [0.25, 0.3) is 0 Å². The van der Waals surface area contributed by atoms with E-state index < -0.39 is 5.91 Å². The monoisotopic (exact) mass is 477 g/mol. The average molecular weight is 478 g/mol. The molecule has 0 aliphatic heterocycles. The maximum absolute atomic E-state index is 12.3. The van der Waals surface area contributed by atoms with Crippen molar-refractivity contribution >= 4 is 34.8 Å². The molecule has 2 aromatic carbocycles. The van der Waals surface area contributed by atoms with Gasteiger partial charge in [-0.1, -0.05) is 24.8 Å². The summed E-state index contributed by atoms with van der Waals surface area (Å²) in [5.74, 6) is 0.724. The number of aromatic nitrogens is 2. The molecule has 0 radical (unpaired) electrons. The summed E-state index contributed by atoms with van der Waals surface area (Å²) in [6.45, 7) is 5.16. The predicted octanol–water partition coefficient (Wildman–Crippen LogP) is 3.23. The lowest BCUT2D eigenvalue weighted by atomic mass is 10.1. The third kappa shape index (κ3) is 6.85. The summed E-state index contributed by atoms with van der Waals surface area (Å²) in [5, 5.41) is 15.1. The van der Waals surface area contributed by atoms with E-state index in [0.717, 1.165) is 16.8 Å². The molecule has 0 aliphatic rings. The fraction of sp³-hybridized carbons (Fsp3) is 0.200. The van der Waals surface area contributed by atoms with E-state index in [1.807, 2.05) is 31.2 Å². The molecule has 3 rings (SSSR count). The number of aryl methyl sites for hydroxylation is 1. The second-order valence-corrected chi connectivity index (χ2v) is 7.40. The molecule has 10 nitrogen and oxygen atoms in total. The minimum Gasteiger partial charge on any atom is -0.495 e. The number of ether oxygens (including phenoxy) is 1. The molecule has 0 spiro atoms. The van der Waals surface area contributed by atoms with E-state index >= 15 is 0 Å². The van der Waals surface area contributed by atoms with Crippen LogP contribution in [-0.4, -0.2) is 47.1 Å². The number of amides is 1. The van der Waals surface area contributed by atoms with Crippen LogP contribution in [0.5, 0.6) is 5.75 Å². The highest BCUT2D eigenvalue weighted by Crippen LogP contribution is 2.29. The van der Waals surface area contributed by atoms with Crippen LogP contribution in [-0.2, 0) is 16.1 Å². The number of methoxy groups -OCH3 is 1. The van der Waals surface area contributed by atoms with Crippen LogP contribution >= 0.6 is 0 Å². The van der Waals surface area contributed by atoms with Crippen LogP contribution in [0.2, 0.25) is 0 Å². The Morgan fingerprint density at radius 3 is 2.69 bits per heavy atom. The standard InChI is InChI=1S/C25H27N5O5/c1-4-19(32)13-17-7-5-6-8-20(17)27-23-16(2)15-26-25(29-23)28-21-14-18(9-10-22(21)34-3)24(33)30-35-12-11-31/h4-10,14-15,31H,1,11-13H2,2-3H3,(H,30,33)(H2,26,27,28,29). The van der Waals surface area contributed by atoms with E-state index in [1.165, 1.54) is 13.2 Å². The van der Waals surface area contributed by atoms with Crippen LogP contribution in [0.1, 0.15) is 21.5 Å². The highest BCUT2D eigenvalue weighted by atomic mass is 16.7. The van der Waals surface area contributed by atoms with Gasteiger partial charge in [0, 0.05) is 29.4 Å². The van der Waals surface area contributed by atoms with Crippen molar-refractivity contribution in [2.24, 2.45) is 0 Å². The number of hydrogen-bond donors (Lipinski definition) is 4. The number of para-hydroxylation sites is 1. The Balaban J connectivity index is 1.85. The number of carbonyl (C=O) groups is 2. The maximum atomic E-state index is 12.3. The number of benzene rings is 2. The summed E-state index contributed by atoms with van der Waals surface area (Å²) in [7, 11) is 1.51.